The van der Waals surface area contributed by atoms with Crippen molar-refractivity contribution in [2.24, 2.45) is 0 Å². The molecule has 0 aromatic heterocycles. The molecule has 1 aliphatic rings. The third-order valence-corrected chi connectivity index (χ3v) is 4.25. The van der Waals surface area contributed by atoms with E-state index in [2.05, 4.69) is 46.8 Å². The average Bonchev–Trinajstić information content (AvgIpc) is 2.53. The standard InChI is InChI=1S/C16H24BO3/c1-8-18-14-11(2)9-13(10-12(14)3)17-19-15(4,5)16(6,7)20-17/h9-10H,1,8H2,2-7H3. The summed E-state index contributed by atoms with van der Waals surface area (Å²) in [7, 11) is -0.328. The summed E-state index contributed by atoms with van der Waals surface area (Å²) in [5.74, 6) is 0.903. The molecule has 0 unspecified atom stereocenters. The van der Waals surface area contributed by atoms with Crippen molar-refractivity contribution >= 4 is 12.6 Å². The van der Waals surface area contributed by atoms with Gasteiger partial charge in [-0.25, -0.2) is 0 Å². The van der Waals surface area contributed by atoms with Crippen LogP contribution in [0.2, 0.25) is 0 Å². The summed E-state index contributed by atoms with van der Waals surface area (Å²) in [5, 5.41) is 0. The molecular formula is C16H24BO3. The van der Waals surface area contributed by atoms with Crippen molar-refractivity contribution in [1.82, 2.24) is 0 Å². The molecule has 1 saturated heterocycles. The maximum atomic E-state index is 6.08. The molecule has 3 nitrogen and oxygen atoms in total. The van der Waals surface area contributed by atoms with Gasteiger partial charge < -0.3 is 14.0 Å². The van der Waals surface area contributed by atoms with E-state index in [1.54, 1.807) is 0 Å². The van der Waals surface area contributed by atoms with Crippen molar-refractivity contribution in [3.8, 4) is 5.75 Å². The van der Waals surface area contributed by atoms with Crippen LogP contribution in [-0.4, -0.2) is 24.9 Å². The Kier molecular flexibility index (Phi) is 3.91. The largest absolute Gasteiger partial charge is 0.494 e. The van der Waals surface area contributed by atoms with E-state index in [0.29, 0.717) is 6.61 Å². The molecule has 0 atom stereocenters. The summed E-state index contributed by atoms with van der Waals surface area (Å²) >= 11 is 0. The van der Waals surface area contributed by atoms with Crippen LogP contribution in [-0.2, 0) is 9.31 Å². The molecule has 0 spiro atoms. The van der Waals surface area contributed by atoms with E-state index in [1.807, 2.05) is 13.8 Å². The van der Waals surface area contributed by atoms with Gasteiger partial charge in [0.05, 0.1) is 17.8 Å². The van der Waals surface area contributed by atoms with Gasteiger partial charge in [0.15, 0.2) is 0 Å². The Morgan fingerprint density at radius 1 is 1.05 bits per heavy atom. The van der Waals surface area contributed by atoms with Crippen LogP contribution in [0.15, 0.2) is 12.1 Å². The summed E-state index contributed by atoms with van der Waals surface area (Å²) < 4.78 is 17.7. The molecule has 1 radical (unpaired) electrons. The number of hydrogen-bond acceptors (Lipinski definition) is 3. The Morgan fingerprint density at radius 2 is 1.50 bits per heavy atom. The predicted molar refractivity (Wildman–Crippen MR) is 82.5 cm³/mol. The highest BCUT2D eigenvalue weighted by Crippen LogP contribution is 2.36. The highest BCUT2D eigenvalue weighted by atomic mass is 16.7. The zero-order chi connectivity index (χ0) is 15.1. The van der Waals surface area contributed by atoms with Crippen molar-refractivity contribution in [3.05, 3.63) is 30.2 Å². The van der Waals surface area contributed by atoms with Crippen molar-refractivity contribution < 1.29 is 14.0 Å². The van der Waals surface area contributed by atoms with Gasteiger partial charge in [0.25, 0.3) is 0 Å². The summed E-state index contributed by atoms with van der Waals surface area (Å²) in [6.07, 6.45) is 0. The third-order valence-electron chi connectivity index (χ3n) is 4.25. The van der Waals surface area contributed by atoms with E-state index >= 15 is 0 Å². The quantitative estimate of drug-likeness (QED) is 0.794. The first-order chi connectivity index (χ1) is 9.18. The minimum absolute atomic E-state index is 0.317. The van der Waals surface area contributed by atoms with Crippen LogP contribution >= 0.6 is 0 Å². The summed E-state index contributed by atoms with van der Waals surface area (Å²) in [6.45, 7) is 16.5. The van der Waals surface area contributed by atoms with Gasteiger partial charge in [0.2, 0.25) is 0 Å². The molecule has 1 aliphatic heterocycles. The maximum absolute atomic E-state index is 6.08. The lowest BCUT2D eigenvalue weighted by Crippen LogP contribution is -2.41. The molecule has 2 rings (SSSR count). The number of hydrogen-bond donors (Lipinski definition) is 0. The van der Waals surface area contributed by atoms with Gasteiger partial charge in [-0.3, -0.25) is 0 Å². The van der Waals surface area contributed by atoms with E-state index in [0.717, 1.165) is 22.3 Å². The topological polar surface area (TPSA) is 27.7 Å². The van der Waals surface area contributed by atoms with E-state index < -0.39 is 0 Å². The first-order valence-electron chi connectivity index (χ1n) is 7.07. The second-order valence-corrected chi connectivity index (χ2v) is 6.42. The van der Waals surface area contributed by atoms with E-state index in [1.165, 1.54) is 0 Å². The zero-order valence-electron chi connectivity index (χ0n) is 13.4. The first kappa shape index (κ1) is 15.4. The summed E-state index contributed by atoms with van der Waals surface area (Å²) in [4.78, 5) is 0. The Labute approximate surface area is 122 Å². The highest BCUT2D eigenvalue weighted by Gasteiger charge is 2.51. The molecule has 1 aromatic rings. The number of rotatable bonds is 3. The third kappa shape index (κ3) is 2.59. The monoisotopic (exact) mass is 275 g/mol. The molecule has 1 heterocycles. The van der Waals surface area contributed by atoms with E-state index in [-0.39, 0.29) is 18.3 Å². The van der Waals surface area contributed by atoms with Crippen LogP contribution in [0.25, 0.3) is 0 Å². The lowest BCUT2D eigenvalue weighted by molar-refractivity contribution is 0.00578. The van der Waals surface area contributed by atoms with Gasteiger partial charge in [0, 0.05) is 0 Å². The number of ether oxygens (including phenoxy) is 1. The summed E-state index contributed by atoms with van der Waals surface area (Å²) in [5.41, 5.74) is 2.57. The highest BCUT2D eigenvalue weighted by molar-refractivity contribution is 6.62. The fourth-order valence-corrected chi connectivity index (χ4v) is 2.43. The van der Waals surface area contributed by atoms with Crippen molar-refractivity contribution in [1.29, 1.82) is 0 Å². The minimum Gasteiger partial charge on any atom is -0.493 e. The lowest BCUT2D eigenvalue weighted by Gasteiger charge is -2.32. The van der Waals surface area contributed by atoms with Gasteiger partial charge >= 0.3 is 7.12 Å². The van der Waals surface area contributed by atoms with Crippen LogP contribution < -0.4 is 10.2 Å². The molecule has 0 bridgehead atoms. The van der Waals surface area contributed by atoms with Gasteiger partial charge in [-0.1, -0.05) is 12.1 Å². The second-order valence-electron chi connectivity index (χ2n) is 6.42. The molecule has 1 fully saturated rings. The molecule has 1 aromatic carbocycles. The van der Waals surface area contributed by atoms with Crippen LogP contribution in [0, 0.1) is 20.8 Å². The molecular weight excluding hydrogens is 251 g/mol. The fourth-order valence-electron chi connectivity index (χ4n) is 2.43. The van der Waals surface area contributed by atoms with Crippen molar-refractivity contribution in [2.75, 3.05) is 6.61 Å². The predicted octanol–water partition coefficient (Wildman–Crippen LogP) is 2.82. The van der Waals surface area contributed by atoms with Gasteiger partial charge in [0.1, 0.15) is 5.75 Å². The van der Waals surface area contributed by atoms with Crippen molar-refractivity contribution in [3.63, 3.8) is 0 Å². The number of aryl methyl sites for hydroxylation is 2. The minimum atomic E-state index is -0.328. The fraction of sp³-hybridized carbons (Fsp3) is 0.562. The smallest absolute Gasteiger partial charge is 0.493 e. The zero-order valence-corrected chi connectivity index (χ0v) is 13.4. The molecule has 0 saturated carbocycles. The molecule has 4 heteroatoms. The SMILES string of the molecule is [CH2]COc1c(C)cc(B2OC(C)(C)C(C)(C)O2)cc1C. The summed E-state index contributed by atoms with van der Waals surface area (Å²) in [6, 6.07) is 4.14. The molecule has 20 heavy (non-hydrogen) atoms. The van der Waals surface area contributed by atoms with Crippen LogP contribution in [0.5, 0.6) is 5.75 Å². The normalized spacial score (nSPS) is 20.2. The Hall–Kier alpha value is -0.995. The lowest BCUT2D eigenvalue weighted by atomic mass is 9.77. The van der Waals surface area contributed by atoms with Crippen LogP contribution in [0.4, 0.5) is 0 Å². The Bertz CT molecular complexity index is 469. The second kappa shape index (κ2) is 5.08. The average molecular weight is 275 g/mol. The van der Waals surface area contributed by atoms with Crippen molar-refractivity contribution in [2.45, 2.75) is 52.7 Å². The number of benzene rings is 1. The molecule has 0 aliphatic carbocycles. The van der Waals surface area contributed by atoms with E-state index in [4.69, 9.17) is 14.0 Å². The van der Waals surface area contributed by atoms with Gasteiger partial charge in [-0.15, -0.1) is 0 Å². The Balaban J connectivity index is 2.32. The van der Waals surface area contributed by atoms with Crippen LogP contribution in [0.3, 0.4) is 0 Å². The van der Waals surface area contributed by atoms with Gasteiger partial charge in [-0.05, 0) is 65.1 Å². The van der Waals surface area contributed by atoms with E-state index in [9.17, 15) is 0 Å². The van der Waals surface area contributed by atoms with Gasteiger partial charge in [-0.2, -0.15) is 0 Å². The Morgan fingerprint density at radius 3 is 1.90 bits per heavy atom. The molecule has 0 N–H and O–H groups in total. The molecule has 109 valence electrons. The first-order valence-corrected chi connectivity index (χ1v) is 7.07. The van der Waals surface area contributed by atoms with Crippen LogP contribution in [0.1, 0.15) is 38.8 Å². The molecule has 0 amide bonds. The maximum Gasteiger partial charge on any atom is 0.494 e.